The van der Waals surface area contributed by atoms with E-state index >= 15 is 0 Å². The molecule has 0 bridgehead atoms. The third-order valence-corrected chi connectivity index (χ3v) is 3.69. The Bertz CT molecular complexity index is 427. The molecule has 1 aromatic carbocycles. The molecule has 0 unspecified atom stereocenters. The topological polar surface area (TPSA) is 44.5 Å². The van der Waals surface area contributed by atoms with Crippen molar-refractivity contribution in [1.29, 1.82) is 0 Å². The number of fused-ring (bicyclic) bond motifs is 1. The van der Waals surface area contributed by atoms with Crippen LogP contribution in [0, 0.1) is 0 Å². The van der Waals surface area contributed by atoms with Gasteiger partial charge in [-0.05, 0) is 18.9 Å². The smallest absolute Gasteiger partial charge is 0.231 e. The second-order valence-corrected chi connectivity index (χ2v) is 4.99. The molecule has 0 atom stereocenters. The van der Waals surface area contributed by atoms with Crippen LogP contribution in [0.15, 0.2) is 12.1 Å². The van der Waals surface area contributed by atoms with Gasteiger partial charge in [-0.25, -0.2) is 0 Å². The van der Waals surface area contributed by atoms with Gasteiger partial charge in [0.15, 0.2) is 11.5 Å². The average molecular weight is 240 g/mol. The molecule has 0 radical (unpaired) electrons. The molecule has 1 aliphatic heterocycles. The predicted octanol–water partition coefficient (Wildman–Crippen LogP) is 2.80. The fraction of sp³-hybridized carbons (Fsp3) is 0.500. The zero-order valence-corrected chi connectivity index (χ0v) is 9.72. The lowest BCUT2D eigenvalue weighted by molar-refractivity contribution is 0.172. The number of hydrogen-bond donors (Lipinski definition) is 1. The summed E-state index contributed by atoms with van der Waals surface area (Å²) >= 11 is 6.08. The lowest BCUT2D eigenvalue weighted by Crippen LogP contribution is -2.33. The first-order valence-electron chi connectivity index (χ1n) is 5.58. The van der Waals surface area contributed by atoms with Gasteiger partial charge in [0.2, 0.25) is 6.79 Å². The van der Waals surface area contributed by atoms with Crippen LogP contribution >= 0.6 is 11.6 Å². The number of benzene rings is 1. The predicted molar refractivity (Wildman–Crippen MR) is 61.9 cm³/mol. The Morgan fingerprint density at radius 1 is 1.19 bits per heavy atom. The molecule has 0 saturated heterocycles. The van der Waals surface area contributed by atoms with Crippen molar-refractivity contribution in [3.05, 3.63) is 22.7 Å². The van der Waals surface area contributed by atoms with Crippen molar-refractivity contribution in [1.82, 2.24) is 0 Å². The summed E-state index contributed by atoms with van der Waals surface area (Å²) < 4.78 is 10.9. The number of nitrogens with two attached hydrogens (primary N) is 1. The minimum absolute atomic E-state index is 0.263. The molecule has 1 fully saturated rings. The maximum absolute atomic E-state index is 6.43. The molecule has 1 saturated carbocycles. The molecular weight excluding hydrogens is 226 g/mol. The van der Waals surface area contributed by atoms with Crippen LogP contribution in [0.25, 0.3) is 0 Å². The van der Waals surface area contributed by atoms with Crippen LogP contribution in [-0.4, -0.2) is 6.79 Å². The van der Waals surface area contributed by atoms with Crippen molar-refractivity contribution >= 4 is 11.6 Å². The van der Waals surface area contributed by atoms with E-state index in [-0.39, 0.29) is 12.3 Å². The summed E-state index contributed by atoms with van der Waals surface area (Å²) in [6.45, 7) is 0.263. The van der Waals surface area contributed by atoms with Crippen molar-refractivity contribution in [2.24, 2.45) is 5.73 Å². The minimum atomic E-state index is -0.289. The zero-order valence-electron chi connectivity index (χ0n) is 8.96. The summed E-state index contributed by atoms with van der Waals surface area (Å²) in [5.41, 5.74) is 7.14. The van der Waals surface area contributed by atoms with Gasteiger partial charge in [-0.1, -0.05) is 24.4 Å². The van der Waals surface area contributed by atoms with Crippen LogP contribution < -0.4 is 15.2 Å². The van der Waals surface area contributed by atoms with E-state index in [1.165, 1.54) is 12.8 Å². The minimum Gasteiger partial charge on any atom is -0.454 e. The van der Waals surface area contributed by atoms with E-state index in [2.05, 4.69) is 0 Å². The van der Waals surface area contributed by atoms with E-state index in [0.717, 1.165) is 29.9 Å². The molecule has 1 aliphatic carbocycles. The summed E-state index contributed by atoms with van der Waals surface area (Å²) in [7, 11) is 0. The van der Waals surface area contributed by atoms with Gasteiger partial charge in [-0.2, -0.15) is 0 Å². The maximum atomic E-state index is 6.43. The largest absolute Gasteiger partial charge is 0.454 e. The Labute approximate surface area is 99.5 Å². The summed E-state index contributed by atoms with van der Waals surface area (Å²) in [6.07, 6.45) is 4.31. The number of ether oxygens (including phenoxy) is 2. The molecule has 2 N–H and O–H groups in total. The first-order chi connectivity index (χ1) is 7.69. The van der Waals surface area contributed by atoms with E-state index in [4.69, 9.17) is 26.8 Å². The van der Waals surface area contributed by atoms with Crippen LogP contribution in [0.5, 0.6) is 11.5 Å². The number of hydrogen-bond acceptors (Lipinski definition) is 3. The Kier molecular flexibility index (Phi) is 2.26. The number of halogens is 1. The molecule has 1 aromatic rings. The molecule has 0 aromatic heterocycles. The molecular formula is C12H14ClNO2. The van der Waals surface area contributed by atoms with Crippen molar-refractivity contribution in [3.63, 3.8) is 0 Å². The highest BCUT2D eigenvalue weighted by atomic mass is 35.5. The first-order valence-corrected chi connectivity index (χ1v) is 5.95. The van der Waals surface area contributed by atoms with E-state index in [1.54, 1.807) is 6.07 Å². The van der Waals surface area contributed by atoms with Gasteiger partial charge in [0.1, 0.15) is 0 Å². The summed E-state index contributed by atoms with van der Waals surface area (Å²) in [4.78, 5) is 0. The highest BCUT2D eigenvalue weighted by molar-refractivity contribution is 6.30. The van der Waals surface area contributed by atoms with E-state index < -0.39 is 0 Å². The third kappa shape index (κ3) is 1.46. The molecule has 3 rings (SSSR count). The molecule has 0 spiro atoms. The molecule has 2 aliphatic rings. The van der Waals surface area contributed by atoms with Crippen molar-refractivity contribution < 1.29 is 9.47 Å². The second kappa shape index (κ2) is 3.54. The zero-order chi connectivity index (χ0) is 11.2. The normalized spacial score (nSPS) is 21.4. The molecule has 16 heavy (non-hydrogen) atoms. The van der Waals surface area contributed by atoms with Gasteiger partial charge in [0.25, 0.3) is 0 Å². The fourth-order valence-corrected chi connectivity index (χ4v) is 2.83. The quantitative estimate of drug-likeness (QED) is 0.820. The molecule has 3 nitrogen and oxygen atoms in total. The van der Waals surface area contributed by atoms with Crippen LogP contribution in [0.3, 0.4) is 0 Å². The highest BCUT2D eigenvalue weighted by Gasteiger charge is 2.36. The molecule has 1 heterocycles. The molecule has 86 valence electrons. The van der Waals surface area contributed by atoms with Gasteiger partial charge >= 0.3 is 0 Å². The SMILES string of the molecule is NC1(c2cc(Cl)cc3c2OCO3)CCCC1. The lowest BCUT2D eigenvalue weighted by Gasteiger charge is -2.25. The average Bonchev–Trinajstić information content (AvgIpc) is 2.85. The third-order valence-electron chi connectivity index (χ3n) is 3.47. The van der Waals surface area contributed by atoms with Gasteiger partial charge in [0.05, 0.1) is 0 Å². The Morgan fingerprint density at radius 3 is 2.69 bits per heavy atom. The Morgan fingerprint density at radius 2 is 1.94 bits per heavy atom. The second-order valence-electron chi connectivity index (χ2n) is 4.55. The maximum Gasteiger partial charge on any atom is 0.231 e. The highest BCUT2D eigenvalue weighted by Crippen LogP contribution is 2.47. The molecule has 4 heteroatoms. The van der Waals surface area contributed by atoms with Gasteiger partial charge in [-0.15, -0.1) is 0 Å². The first kappa shape index (κ1) is 10.2. The van der Waals surface area contributed by atoms with Crippen LogP contribution in [0.4, 0.5) is 0 Å². The van der Waals surface area contributed by atoms with Crippen molar-refractivity contribution in [2.45, 2.75) is 31.2 Å². The van der Waals surface area contributed by atoms with Gasteiger partial charge in [-0.3, -0.25) is 0 Å². The summed E-state index contributed by atoms with van der Waals surface area (Å²) in [5.74, 6) is 1.51. The van der Waals surface area contributed by atoms with Crippen LogP contribution in [0.2, 0.25) is 5.02 Å². The van der Waals surface area contributed by atoms with Gasteiger partial charge in [0, 0.05) is 22.2 Å². The fourth-order valence-electron chi connectivity index (χ4n) is 2.62. The Hall–Kier alpha value is -0.930. The standard InChI is InChI=1S/C12H14ClNO2/c13-8-5-9(12(14)3-1-2-4-12)11-10(6-8)15-7-16-11/h5-6H,1-4,7,14H2. The van der Waals surface area contributed by atoms with E-state index in [1.807, 2.05) is 6.07 Å². The lowest BCUT2D eigenvalue weighted by atomic mass is 9.88. The monoisotopic (exact) mass is 239 g/mol. The van der Waals surface area contributed by atoms with Crippen LogP contribution in [-0.2, 0) is 5.54 Å². The van der Waals surface area contributed by atoms with E-state index in [0.29, 0.717) is 5.02 Å². The summed E-state index contributed by atoms with van der Waals surface area (Å²) in [5, 5.41) is 0.663. The summed E-state index contributed by atoms with van der Waals surface area (Å²) in [6, 6.07) is 3.70. The van der Waals surface area contributed by atoms with Gasteiger partial charge < -0.3 is 15.2 Å². The number of rotatable bonds is 1. The van der Waals surface area contributed by atoms with Crippen molar-refractivity contribution in [2.75, 3.05) is 6.79 Å². The Balaban J connectivity index is 2.13. The molecule has 0 amide bonds. The van der Waals surface area contributed by atoms with E-state index in [9.17, 15) is 0 Å². The van der Waals surface area contributed by atoms with Crippen molar-refractivity contribution in [3.8, 4) is 11.5 Å². The van der Waals surface area contributed by atoms with Crippen LogP contribution in [0.1, 0.15) is 31.2 Å².